The van der Waals surface area contributed by atoms with Gasteiger partial charge in [0, 0.05) is 19.1 Å². The van der Waals surface area contributed by atoms with Gasteiger partial charge in [-0.15, -0.1) is 0 Å². The molecular weight excluding hydrogens is 190 g/mol. The van der Waals surface area contributed by atoms with Crippen molar-refractivity contribution in [1.82, 2.24) is 14.8 Å². The van der Waals surface area contributed by atoms with Crippen molar-refractivity contribution < 1.29 is 8.42 Å². The van der Waals surface area contributed by atoms with Gasteiger partial charge in [-0.05, 0) is 19.4 Å². The molecule has 1 fully saturated rings. The second-order valence-electron chi connectivity index (χ2n) is 3.21. The molecule has 78 valence electrons. The molecule has 1 atom stereocenters. The van der Waals surface area contributed by atoms with Gasteiger partial charge in [-0.3, -0.25) is 0 Å². The summed E-state index contributed by atoms with van der Waals surface area (Å²) < 4.78 is 27.6. The molecule has 0 aliphatic carbocycles. The van der Waals surface area contributed by atoms with E-state index in [1.165, 1.54) is 0 Å². The summed E-state index contributed by atoms with van der Waals surface area (Å²) in [4.78, 5) is 0. The van der Waals surface area contributed by atoms with E-state index >= 15 is 0 Å². The highest BCUT2D eigenvalue weighted by Crippen LogP contribution is 1.98. The zero-order valence-corrected chi connectivity index (χ0v) is 8.65. The summed E-state index contributed by atoms with van der Waals surface area (Å²) >= 11 is 0. The van der Waals surface area contributed by atoms with Crippen molar-refractivity contribution in [2.75, 3.05) is 19.6 Å². The van der Waals surface area contributed by atoms with E-state index in [1.807, 2.05) is 6.92 Å². The Bertz CT molecular complexity index is 234. The molecule has 1 saturated heterocycles. The van der Waals surface area contributed by atoms with Gasteiger partial charge in [0.05, 0.1) is 0 Å². The SMILES string of the molecule is CCCNS(=O)(=O)N[C@H]1CCNC1. The lowest BCUT2D eigenvalue weighted by molar-refractivity contribution is 0.545. The molecule has 0 aromatic rings. The first-order valence-corrected chi connectivity index (χ1v) is 6.10. The van der Waals surface area contributed by atoms with Crippen LogP contribution in [0, 0.1) is 0 Å². The highest BCUT2D eigenvalue weighted by atomic mass is 32.2. The van der Waals surface area contributed by atoms with Crippen molar-refractivity contribution in [2.45, 2.75) is 25.8 Å². The molecule has 1 rings (SSSR count). The summed E-state index contributed by atoms with van der Waals surface area (Å²) in [6, 6.07) is 0.0503. The van der Waals surface area contributed by atoms with Crippen LogP contribution < -0.4 is 14.8 Å². The van der Waals surface area contributed by atoms with E-state index in [-0.39, 0.29) is 6.04 Å². The normalized spacial score (nSPS) is 23.6. The van der Waals surface area contributed by atoms with Crippen LogP contribution in [0.4, 0.5) is 0 Å². The number of rotatable bonds is 5. The first-order valence-electron chi connectivity index (χ1n) is 4.61. The zero-order chi connectivity index (χ0) is 9.73. The van der Waals surface area contributed by atoms with Gasteiger partial charge in [0.2, 0.25) is 0 Å². The maximum absolute atomic E-state index is 11.3. The Kier molecular flexibility index (Phi) is 4.11. The van der Waals surface area contributed by atoms with Gasteiger partial charge in [0.15, 0.2) is 0 Å². The van der Waals surface area contributed by atoms with Crippen LogP contribution in [0.25, 0.3) is 0 Å². The first kappa shape index (κ1) is 10.9. The molecule has 0 aromatic carbocycles. The molecule has 13 heavy (non-hydrogen) atoms. The minimum Gasteiger partial charge on any atom is -0.315 e. The Hall–Kier alpha value is -0.170. The Labute approximate surface area is 79.5 Å². The summed E-state index contributed by atoms with van der Waals surface area (Å²) in [7, 11) is -3.27. The summed E-state index contributed by atoms with van der Waals surface area (Å²) in [6.07, 6.45) is 1.68. The van der Waals surface area contributed by atoms with E-state index in [1.54, 1.807) is 0 Å². The highest BCUT2D eigenvalue weighted by molar-refractivity contribution is 7.87. The fourth-order valence-electron chi connectivity index (χ4n) is 1.25. The Morgan fingerprint density at radius 3 is 2.85 bits per heavy atom. The third-order valence-electron chi connectivity index (χ3n) is 1.92. The van der Waals surface area contributed by atoms with Crippen LogP contribution in [0.1, 0.15) is 19.8 Å². The number of nitrogens with one attached hydrogen (secondary N) is 3. The van der Waals surface area contributed by atoms with Gasteiger partial charge in [0.25, 0.3) is 10.2 Å². The molecule has 0 radical (unpaired) electrons. The second-order valence-corrected chi connectivity index (χ2v) is 4.74. The smallest absolute Gasteiger partial charge is 0.277 e. The lowest BCUT2D eigenvalue weighted by Gasteiger charge is -2.11. The largest absolute Gasteiger partial charge is 0.315 e. The average molecular weight is 207 g/mol. The highest BCUT2D eigenvalue weighted by Gasteiger charge is 2.19. The standard InChI is InChI=1S/C7H17N3O2S/c1-2-4-9-13(11,12)10-7-3-5-8-6-7/h7-10H,2-6H2,1H3/t7-/m0/s1. The van der Waals surface area contributed by atoms with Crippen LogP contribution in [0.5, 0.6) is 0 Å². The first-order chi connectivity index (χ1) is 6.14. The van der Waals surface area contributed by atoms with Gasteiger partial charge in [-0.25, -0.2) is 4.72 Å². The van der Waals surface area contributed by atoms with Crippen LogP contribution >= 0.6 is 0 Å². The summed E-state index contributed by atoms with van der Waals surface area (Å²) in [5, 5.41) is 3.10. The molecule has 0 amide bonds. The maximum atomic E-state index is 11.3. The summed E-state index contributed by atoms with van der Waals surface area (Å²) in [5.41, 5.74) is 0. The van der Waals surface area contributed by atoms with E-state index in [0.717, 1.165) is 25.9 Å². The Morgan fingerprint density at radius 2 is 2.31 bits per heavy atom. The van der Waals surface area contributed by atoms with Crippen molar-refractivity contribution >= 4 is 10.2 Å². The predicted molar refractivity (Wildman–Crippen MR) is 51.6 cm³/mol. The fourth-order valence-corrected chi connectivity index (χ4v) is 2.45. The van der Waals surface area contributed by atoms with Crippen molar-refractivity contribution in [2.24, 2.45) is 0 Å². The molecular formula is C7H17N3O2S. The van der Waals surface area contributed by atoms with Crippen molar-refractivity contribution in [1.29, 1.82) is 0 Å². The Morgan fingerprint density at radius 1 is 1.54 bits per heavy atom. The van der Waals surface area contributed by atoms with Crippen LogP contribution in [0.2, 0.25) is 0 Å². The molecule has 0 unspecified atom stereocenters. The molecule has 0 spiro atoms. The Balaban J connectivity index is 2.32. The molecule has 6 heteroatoms. The third kappa shape index (κ3) is 4.04. The molecule has 0 saturated carbocycles. The van der Waals surface area contributed by atoms with Gasteiger partial charge < -0.3 is 5.32 Å². The predicted octanol–water partition coefficient (Wildman–Crippen LogP) is -0.818. The number of hydrogen-bond donors (Lipinski definition) is 3. The van der Waals surface area contributed by atoms with Crippen LogP contribution in [0.15, 0.2) is 0 Å². The van der Waals surface area contributed by atoms with Gasteiger partial charge in [0.1, 0.15) is 0 Å². The van der Waals surface area contributed by atoms with Crippen LogP contribution in [0.3, 0.4) is 0 Å². The molecule has 1 aliphatic heterocycles. The minimum absolute atomic E-state index is 0.0503. The number of hydrogen-bond acceptors (Lipinski definition) is 3. The summed E-state index contributed by atoms with van der Waals surface area (Å²) in [5.74, 6) is 0. The minimum atomic E-state index is -3.27. The second kappa shape index (κ2) is 4.90. The lowest BCUT2D eigenvalue weighted by Crippen LogP contribution is -2.43. The van der Waals surface area contributed by atoms with E-state index in [9.17, 15) is 8.42 Å². The van der Waals surface area contributed by atoms with Crippen molar-refractivity contribution in [3.63, 3.8) is 0 Å². The molecule has 1 aliphatic rings. The lowest BCUT2D eigenvalue weighted by atomic mass is 10.3. The van der Waals surface area contributed by atoms with Crippen LogP contribution in [-0.2, 0) is 10.2 Å². The van der Waals surface area contributed by atoms with Gasteiger partial charge in [-0.1, -0.05) is 6.92 Å². The van der Waals surface area contributed by atoms with Crippen LogP contribution in [-0.4, -0.2) is 34.1 Å². The molecule has 1 heterocycles. The zero-order valence-electron chi connectivity index (χ0n) is 7.84. The fraction of sp³-hybridized carbons (Fsp3) is 1.00. The van der Waals surface area contributed by atoms with Gasteiger partial charge in [-0.2, -0.15) is 13.1 Å². The summed E-state index contributed by atoms with van der Waals surface area (Å²) in [6.45, 7) is 4.04. The van der Waals surface area contributed by atoms with Gasteiger partial charge >= 0.3 is 0 Å². The topological polar surface area (TPSA) is 70.2 Å². The molecule has 0 bridgehead atoms. The van der Waals surface area contributed by atoms with E-state index in [2.05, 4.69) is 14.8 Å². The van der Waals surface area contributed by atoms with Crippen molar-refractivity contribution in [3.05, 3.63) is 0 Å². The maximum Gasteiger partial charge on any atom is 0.277 e. The van der Waals surface area contributed by atoms with Crippen molar-refractivity contribution in [3.8, 4) is 0 Å². The van der Waals surface area contributed by atoms with E-state index < -0.39 is 10.2 Å². The molecule has 3 N–H and O–H groups in total. The quantitative estimate of drug-likeness (QED) is 0.552. The monoisotopic (exact) mass is 207 g/mol. The average Bonchev–Trinajstić information content (AvgIpc) is 2.52. The molecule has 5 nitrogen and oxygen atoms in total. The van der Waals surface area contributed by atoms with E-state index in [4.69, 9.17) is 0 Å². The van der Waals surface area contributed by atoms with E-state index in [0.29, 0.717) is 6.54 Å². The molecule has 0 aromatic heterocycles. The third-order valence-corrected chi connectivity index (χ3v) is 3.15.